The lowest BCUT2D eigenvalue weighted by molar-refractivity contribution is 0.0682. The van der Waals surface area contributed by atoms with Crippen molar-refractivity contribution in [2.45, 2.75) is 26.7 Å². The SMILES string of the molecule is CC(=O)c1ccc(NC(=O)c2ccc(C(=O)N3CCCC(C)C3)cc2)cc1. The number of anilines is 1. The molecule has 1 atom stereocenters. The molecular weight excluding hydrogens is 340 g/mol. The number of piperidine rings is 1. The van der Waals surface area contributed by atoms with Crippen LogP contribution >= 0.6 is 0 Å². The highest BCUT2D eigenvalue weighted by atomic mass is 16.2. The van der Waals surface area contributed by atoms with E-state index in [9.17, 15) is 14.4 Å². The topological polar surface area (TPSA) is 66.5 Å². The van der Waals surface area contributed by atoms with Crippen LogP contribution in [0.1, 0.15) is 57.8 Å². The van der Waals surface area contributed by atoms with E-state index >= 15 is 0 Å². The van der Waals surface area contributed by atoms with Crippen molar-refractivity contribution in [1.82, 2.24) is 4.90 Å². The molecule has 2 aromatic rings. The van der Waals surface area contributed by atoms with Crippen LogP contribution in [0.25, 0.3) is 0 Å². The van der Waals surface area contributed by atoms with Gasteiger partial charge in [-0.2, -0.15) is 0 Å². The summed E-state index contributed by atoms with van der Waals surface area (Å²) in [5.41, 5.74) is 2.30. The number of Topliss-reactive ketones (excluding diaryl/α,β-unsaturated/α-hetero) is 1. The molecule has 27 heavy (non-hydrogen) atoms. The van der Waals surface area contributed by atoms with Gasteiger partial charge in [0, 0.05) is 35.5 Å². The lowest BCUT2D eigenvalue weighted by Gasteiger charge is -2.31. The van der Waals surface area contributed by atoms with Gasteiger partial charge in [0.1, 0.15) is 0 Å². The third kappa shape index (κ3) is 4.61. The first kappa shape index (κ1) is 18.8. The third-order valence-corrected chi connectivity index (χ3v) is 4.89. The average molecular weight is 364 g/mol. The number of nitrogens with one attached hydrogen (secondary N) is 1. The summed E-state index contributed by atoms with van der Waals surface area (Å²) in [7, 11) is 0. The summed E-state index contributed by atoms with van der Waals surface area (Å²) in [6.07, 6.45) is 2.20. The predicted molar refractivity (Wildman–Crippen MR) is 105 cm³/mol. The molecular formula is C22H24N2O3. The van der Waals surface area contributed by atoms with Crippen LogP contribution in [0.3, 0.4) is 0 Å². The van der Waals surface area contributed by atoms with Crippen LogP contribution in [0.5, 0.6) is 0 Å². The van der Waals surface area contributed by atoms with Gasteiger partial charge in [0.2, 0.25) is 0 Å². The zero-order valence-electron chi connectivity index (χ0n) is 15.7. The van der Waals surface area contributed by atoms with Crippen LogP contribution in [0, 0.1) is 5.92 Å². The maximum Gasteiger partial charge on any atom is 0.255 e. The monoisotopic (exact) mass is 364 g/mol. The number of carbonyl (C=O) groups is 3. The largest absolute Gasteiger partial charge is 0.338 e. The van der Waals surface area contributed by atoms with Gasteiger partial charge in [-0.15, -0.1) is 0 Å². The summed E-state index contributed by atoms with van der Waals surface area (Å²) >= 11 is 0. The lowest BCUT2D eigenvalue weighted by atomic mass is 9.99. The first-order valence-corrected chi connectivity index (χ1v) is 9.26. The minimum atomic E-state index is -0.254. The van der Waals surface area contributed by atoms with Crippen LogP contribution in [0.15, 0.2) is 48.5 Å². The van der Waals surface area contributed by atoms with E-state index in [1.165, 1.54) is 6.92 Å². The first-order valence-electron chi connectivity index (χ1n) is 9.26. The molecule has 1 heterocycles. The normalized spacial score (nSPS) is 16.7. The first-order chi connectivity index (χ1) is 12.9. The maximum atomic E-state index is 12.6. The predicted octanol–water partition coefficient (Wildman–Crippen LogP) is 4.01. The molecule has 5 nitrogen and oxygen atoms in total. The molecule has 1 unspecified atom stereocenters. The van der Waals surface area contributed by atoms with Gasteiger partial charge >= 0.3 is 0 Å². The maximum absolute atomic E-state index is 12.6. The van der Waals surface area contributed by atoms with Crippen molar-refractivity contribution in [1.29, 1.82) is 0 Å². The second kappa shape index (κ2) is 8.16. The van der Waals surface area contributed by atoms with Crippen molar-refractivity contribution in [3.63, 3.8) is 0 Å². The van der Waals surface area contributed by atoms with Crippen molar-refractivity contribution in [2.24, 2.45) is 5.92 Å². The number of ketones is 1. The van der Waals surface area contributed by atoms with Gasteiger partial charge in [0.05, 0.1) is 0 Å². The van der Waals surface area contributed by atoms with Gasteiger partial charge in [-0.1, -0.05) is 6.92 Å². The van der Waals surface area contributed by atoms with Crippen LogP contribution in [0.2, 0.25) is 0 Å². The Bertz CT molecular complexity index is 841. The number of hydrogen-bond donors (Lipinski definition) is 1. The Labute approximate surface area is 159 Å². The molecule has 140 valence electrons. The molecule has 1 fully saturated rings. The quantitative estimate of drug-likeness (QED) is 0.834. The van der Waals surface area contributed by atoms with Gasteiger partial charge in [-0.05, 0) is 74.2 Å². The summed E-state index contributed by atoms with van der Waals surface area (Å²) in [6, 6.07) is 13.5. The fourth-order valence-corrected chi connectivity index (χ4v) is 3.31. The molecule has 0 spiro atoms. The average Bonchev–Trinajstić information content (AvgIpc) is 2.68. The standard InChI is InChI=1S/C22H24N2O3/c1-15-4-3-13-24(14-15)22(27)19-7-5-18(6-8-19)21(26)23-20-11-9-17(10-12-20)16(2)25/h5-12,15H,3-4,13-14H2,1-2H3,(H,23,26). The summed E-state index contributed by atoms with van der Waals surface area (Å²) in [5, 5.41) is 2.80. The van der Waals surface area contributed by atoms with Gasteiger partial charge < -0.3 is 10.2 Å². The molecule has 1 saturated heterocycles. The Morgan fingerprint density at radius 3 is 2.11 bits per heavy atom. The molecule has 1 aliphatic heterocycles. The van der Waals surface area contributed by atoms with E-state index in [1.807, 2.05) is 4.90 Å². The van der Waals surface area contributed by atoms with Crippen molar-refractivity contribution in [2.75, 3.05) is 18.4 Å². The number of rotatable bonds is 4. The number of nitrogens with zero attached hydrogens (tertiary/aromatic N) is 1. The van der Waals surface area contributed by atoms with Crippen molar-refractivity contribution in [3.8, 4) is 0 Å². The molecule has 5 heteroatoms. The molecule has 1 aliphatic rings. The fraction of sp³-hybridized carbons (Fsp3) is 0.318. The molecule has 0 saturated carbocycles. The van der Waals surface area contributed by atoms with E-state index in [2.05, 4.69) is 12.2 Å². The van der Waals surface area contributed by atoms with E-state index in [0.717, 1.165) is 25.9 Å². The van der Waals surface area contributed by atoms with Crippen molar-refractivity contribution in [3.05, 3.63) is 65.2 Å². The number of amides is 2. The summed E-state index contributed by atoms with van der Waals surface area (Å²) in [4.78, 5) is 38.2. The zero-order chi connectivity index (χ0) is 19.4. The second-order valence-electron chi connectivity index (χ2n) is 7.16. The van der Waals surface area contributed by atoms with E-state index in [0.29, 0.717) is 28.3 Å². The van der Waals surface area contributed by atoms with Crippen LogP contribution in [-0.4, -0.2) is 35.6 Å². The molecule has 0 aromatic heterocycles. The zero-order valence-corrected chi connectivity index (χ0v) is 15.7. The summed E-state index contributed by atoms with van der Waals surface area (Å²) in [5.74, 6) is 0.280. The molecule has 2 aromatic carbocycles. The number of likely N-dealkylation sites (tertiary alicyclic amines) is 1. The molecule has 0 bridgehead atoms. The van der Waals surface area contributed by atoms with E-state index in [1.54, 1.807) is 48.5 Å². The number of carbonyl (C=O) groups excluding carboxylic acids is 3. The van der Waals surface area contributed by atoms with E-state index in [4.69, 9.17) is 0 Å². The lowest BCUT2D eigenvalue weighted by Crippen LogP contribution is -2.39. The fourth-order valence-electron chi connectivity index (χ4n) is 3.31. The summed E-state index contributed by atoms with van der Waals surface area (Å²) in [6.45, 7) is 5.25. The Kier molecular flexibility index (Phi) is 5.69. The van der Waals surface area contributed by atoms with Crippen molar-refractivity contribution < 1.29 is 14.4 Å². The molecule has 1 N–H and O–H groups in total. The van der Waals surface area contributed by atoms with Gasteiger partial charge in [-0.25, -0.2) is 0 Å². The minimum absolute atomic E-state index is 0.0174. The number of benzene rings is 2. The van der Waals surface area contributed by atoms with Gasteiger partial charge in [0.25, 0.3) is 11.8 Å². The highest BCUT2D eigenvalue weighted by molar-refractivity contribution is 6.05. The highest BCUT2D eigenvalue weighted by Gasteiger charge is 2.22. The minimum Gasteiger partial charge on any atom is -0.338 e. The third-order valence-electron chi connectivity index (χ3n) is 4.89. The molecule has 2 amide bonds. The Morgan fingerprint density at radius 1 is 0.926 bits per heavy atom. The smallest absolute Gasteiger partial charge is 0.255 e. The van der Waals surface area contributed by atoms with Crippen LogP contribution in [-0.2, 0) is 0 Å². The van der Waals surface area contributed by atoms with Gasteiger partial charge in [0.15, 0.2) is 5.78 Å². The molecule has 0 aliphatic carbocycles. The Balaban J connectivity index is 1.64. The highest BCUT2D eigenvalue weighted by Crippen LogP contribution is 2.18. The van der Waals surface area contributed by atoms with Crippen molar-refractivity contribution >= 4 is 23.3 Å². The van der Waals surface area contributed by atoms with E-state index in [-0.39, 0.29) is 17.6 Å². The Hall–Kier alpha value is -2.95. The van der Waals surface area contributed by atoms with Crippen LogP contribution in [0.4, 0.5) is 5.69 Å². The summed E-state index contributed by atoms with van der Waals surface area (Å²) < 4.78 is 0. The molecule has 3 rings (SSSR count). The van der Waals surface area contributed by atoms with Gasteiger partial charge in [-0.3, -0.25) is 14.4 Å². The molecule has 0 radical (unpaired) electrons. The number of hydrogen-bond acceptors (Lipinski definition) is 3. The Morgan fingerprint density at radius 2 is 1.52 bits per heavy atom. The van der Waals surface area contributed by atoms with E-state index < -0.39 is 0 Å². The second-order valence-corrected chi connectivity index (χ2v) is 7.16. The van der Waals surface area contributed by atoms with Crippen LogP contribution < -0.4 is 5.32 Å².